The first-order valence-corrected chi connectivity index (χ1v) is 11.1. The third-order valence-electron chi connectivity index (χ3n) is 6.38. The fourth-order valence-electron chi connectivity index (χ4n) is 4.81. The van der Waals surface area contributed by atoms with E-state index in [-0.39, 0.29) is 0 Å². The van der Waals surface area contributed by atoms with Crippen LogP contribution in [0.3, 0.4) is 0 Å². The van der Waals surface area contributed by atoms with Gasteiger partial charge in [0.25, 0.3) is 0 Å². The zero-order valence-electron chi connectivity index (χ0n) is 17.7. The lowest BCUT2D eigenvalue weighted by molar-refractivity contribution is 0.372. The van der Waals surface area contributed by atoms with E-state index in [1.54, 1.807) is 13.3 Å². The summed E-state index contributed by atoms with van der Waals surface area (Å²) in [5.74, 6) is 1.92. The van der Waals surface area contributed by atoms with Gasteiger partial charge in [0.15, 0.2) is 0 Å². The summed E-state index contributed by atoms with van der Waals surface area (Å²) in [7, 11) is 1.62. The summed E-state index contributed by atoms with van der Waals surface area (Å²) in [6, 6.07) is 12.7. The van der Waals surface area contributed by atoms with Gasteiger partial charge in [-0.15, -0.1) is 0 Å². The second-order valence-electron chi connectivity index (χ2n) is 8.19. The molecule has 0 N–H and O–H groups in total. The highest BCUT2D eigenvalue weighted by Crippen LogP contribution is 2.37. The minimum atomic E-state index is 0.396. The van der Waals surface area contributed by atoms with Gasteiger partial charge in [0.05, 0.1) is 30.6 Å². The normalized spacial score (nSPS) is 15.6. The van der Waals surface area contributed by atoms with Crippen LogP contribution in [0, 0.1) is 0 Å². The molecule has 8 heteroatoms. The van der Waals surface area contributed by atoms with Crippen molar-refractivity contribution in [1.29, 1.82) is 0 Å². The molecule has 7 nitrogen and oxygen atoms in total. The number of ether oxygens (including phenoxy) is 1. The van der Waals surface area contributed by atoms with Crippen molar-refractivity contribution in [1.82, 2.24) is 15.1 Å². The fraction of sp³-hybridized carbons (Fsp3) is 0.292. The molecule has 0 spiro atoms. The number of aromatic nitrogens is 3. The molecule has 2 aromatic heterocycles. The summed E-state index contributed by atoms with van der Waals surface area (Å²) in [6.45, 7) is 3.11. The van der Waals surface area contributed by atoms with Crippen LogP contribution in [-0.2, 0) is 25.9 Å². The summed E-state index contributed by atoms with van der Waals surface area (Å²) in [5.41, 5.74) is 4.43. The zero-order valence-corrected chi connectivity index (χ0v) is 18.5. The number of benzene rings is 2. The van der Waals surface area contributed by atoms with Gasteiger partial charge < -0.3 is 19.1 Å². The Morgan fingerprint density at radius 2 is 1.84 bits per heavy atom. The highest BCUT2D eigenvalue weighted by atomic mass is 35.5. The van der Waals surface area contributed by atoms with Crippen molar-refractivity contribution in [3.8, 4) is 6.01 Å². The van der Waals surface area contributed by atoms with Crippen LogP contribution in [0.15, 0.2) is 47.1 Å². The molecule has 0 aliphatic carbocycles. The van der Waals surface area contributed by atoms with E-state index in [1.807, 2.05) is 12.1 Å². The fourth-order valence-corrected chi connectivity index (χ4v) is 5.09. The molecular formula is C24H22ClN5O2. The van der Waals surface area contributed by atoms with Crippen LogP contribution in [0.1, 0.15) is 22.6 Å². The standard InChI is InChI=1S/C24H22ClN5O2/c1-31-24-27-19-14-29(20-7-3-5-15-4-2-6-18(25)22(15)20)10-8-17(19)23(28-24)30-11-9-21-16(13-30)12-26-32-21/h2-7,12H,8-11,13-14H2,1H3. The van der Waals surface area contributed by atoms with E-state index in [0.717, 1.165) is 76.8 Å². The maximum Gasteiger partial charge on any atom is 0.318 e. The number of halogens is 1. The number of hydrogen-bond donors (Lipinski definition) is 0. The SMILES string of the molecule is COc1nc2c(c(N3CCc4oncc4C3)n1)CCN(c1cccc3cccc(Cl)c13)C2. The quantitative estimate of drug-likeness (QED) is 0.461. The van der Waals surface area contributed by atoms with Crippen molar-refractivity contribution >= 4 is 33.9 Å². The molecule has 0 atom stereocenters. The second kappa shape index (κ2) is 7.67. The predicted octanol–water partition coefficient (Wildman–Crippen LogP) is 4.41. The molecule has 4 heterocycles. The molecule has 2 aromatic carbocycles. The van der Waals surface area contributed by atoms with Crippen LogP contribution in [0.5, 0.6) is 6.01 Å². The van der Waals surface area contributed by atoms with Crippen LogP contribution in [-0.4, -0.2) is 35.3 Å². The molecule has 6 rings (SSSR count). The first kappa shape index (κ1) is 19.4. The largest absolute Gasteiger partial charge is 0.467 e. The number of fused-ring (bicyclic) bond motifs is 3. The van der Waals surface area contributed by atoms with Crippen LogP contribution in [0.25, 0.3) is 10.8 Å². The maximum atomic E-state index is 6.60. The summed E-state index contributed by atoms with van der Waals surface area (Å²) in [5, 5.41) is 6.94. The van der Waals surface area contributed by atoms with E-state index in [4.69, 9.17) is 30.8 Å². The lowest BCUT2D eigenvalue weighted by Crippen LogP contribution is -2.36. The van der Waals surface area contributed by atoms with E-state index < -0.39 is 0 Å². The average molecular weight is 448 g/mol. The van der Waals surface area contributed by atoms with Gasteiger partial charge >= 0.3 is 6.01 Å². The molecule has 162 valence electrons. The molecule has 0 radical (unpaired) electrons. The molecule has 0 fully saturated rings. The van der Waals surface area contributed by atoms with E-state index in [1.165, 1.54) is 5.56 Å². The molecule has 0 bridgehead atoms. The lowest BCUT2D eigenvalue weighted by Gasteiger charge is -2.35. The van der Waals surface area contributed by atoms with E-state index in [0.29, 0.717) is 12.6 Å². The van der Waals surface area contributed by atoms with Gasteiger partial charge in [-0.2, -0.15) is 9.97 Å². The molecular weight excluding hydrogens is 426 g/mol. The van der Waals surface area contributed by atoms with Crippen molar-refractivity contribution in [2.24, 2.45) is 0 Å². The number of hydrogen-bond acceptors (Lipinski definition) is 7. The van der Waals surface area contributed by atoms with Crippen LogP contribution in [0.4, 0.5) is 11.5 Å². The number of nitrogens with zero attached hydrogens (tertiary/aromatic N) is 5. The summed E-state index contributed by atoms with van der Waals surface area (Å²) < 4.78 is 10.8. The smallest absolute Gasteiger partial charge is 0.318 e. The molecule has 0 amide bonds. The Hall–Kier alpha value is -3.32. The van der Waals surface area contributed by atoms with Crippen LogP contribution in [0.2, 0.25) is 5.02 Å². The van der Waals surface area contributed by atoms with Gasteiger partial charge in [-0.3, -0.25) is 0 Å². The molecule has 2 aliphatic rings. The van der Waals surface area contributed by atoms with Crippen molar-refractivity contribution in [3.05, 3.63) is 70.2 Å². The Morgan fingerprint density at radius 3 is 2.72 bits per heavy atom. The maximum absolute atomic E-state index is 6.60. The molecule has 32 heavy (non-hydrogen) atoms. The van der Waals surface area contributed by atoms with E-state index in [9.17, 15) is 0 Å². The Kier molecular flexibility index (Phi) is 4.64. The minimum absolute atomic E-state index is 0.396. The Balaban J connectivity index is 1.39. The Bertz CT molecular complexity index is 1320. The van der Waals surface area contributed by atoms with Gasteiger partial charge in [-0.05, 0) is 23.9 Å². The predicted molar refractivity (Wildman–Crippen MR) is 124 cm³/mol. The van der Waals surface area contributed by atoms with Gasteiger partial charge in [0, 0.05) is 48.3 Å². The highest BCUT2D eigenvalue weighted by molar-refractivity contribution is 6.36. The third kappa shape index (κ3) is 3.15. The molecule has 0 saturated carbocycles. The van der Waals surface area contributed by atoms with Crippen molar-refractivity contribution in [2.75, 3.05) is 30.0 Å². The van der Waals surface area contributed by atoms with Crippen molar-refractivity contribution in [2.45, 2.75) is 25.9 Å². The molecule has 0 saturated heterocycles. The Morgan fingerprint density at radius 1 is 1.00 bits per heavy atom. The van der Waals surface area contributed by atoms with Crippen molar-refractivity contribution in [3.63, 3.8) is 0 Å². The first-order chi connectivity index (χ1) is 15.7. The van der Waals surface area contributed by atoms with Crippen molar-refractivity contribution < 1.29 is 9.26 Å². The van der Waals surface area contributed by atoms with E-state index >= 15 is 0 Å². The van der Waals surface area contributed by atoms with Crippen LogP contribution >= 0.6 is 11.6 Å². The minimum Gasteiger partial charge on any atom is -0.467 e. The van der Waals surface area contributed by atoms with Gasteiger partial charge in [0.1, 0.15) is 11.6 Å². The first-order valence-electron chi connectivity index (χ1n) is 10.7. The highest BCUT2D eigenvalue weighted by Gasteiger charge is 2.29. The van der Waals surface area contributed by atoms with Crippen LogP contribution < -0.4 is 14.5 Å². The van der Waals surface area contributed by atoms with Gasteiger partial charge in [-0.25, -0.2) is 0 Å². The van der Waals surface area contributed by atoms with E-state index in [2.05, 4.69) is 39.2 Å². The van der Waals surface area contributed by atoms with Gasteiger partial charge in [0.2, 0.25) is 0 Å². The third-order valence-corrected chi connectivity index (χ3v) is 6.69. The number of methoxy groups -OCH3 is 1. The monoisotopic (exact) mass is 447 g/mol. The van der Waals surface area contributed by atoms with Gasteiger partial charge in [-0.1, -0.05) is 41.0 Å². The zero-order chi connectivity index (χ0) is 21.7. The number of anilines is 2. The second-order valence-corrected chi connectivity index (χ2v) is 8.60. The summed E-state index contributed by atoms with van der Waals surface area (Å²) >= 11 is 6.60. The topological polar surface area (TPSA) is 67.5 Å². The summed E-state index contributed by atoms with van der Waals surface area (Å²) in [4.78, 5) is 14.1. The Labute approximate surface area is 190 Å². The molecule has 4 aromatic rings. The average Bonchev–Trinajstić information content (AvgIpc) is 3.31. The molecule has 2 aliphatic heterocycles. The number of rotatable bonds is 3. The molecule has 0 unspecified atom stereocenters. The summed E-state index contributed by atoms with van der Waals surface area (Å²) in [6.07, 6.45) is 3.47. The lowest BCUT2D eigenvalue weighted by atomic mass is 10.0.